The van der Waals surface area contributed by atoms with Crippen molar-refractivity contribution in [3.63, 3.8) is 0 Å². The van der Waals surface area contributed by atoms with Crippen LogP contribution in [0.4, 0.5) is 11.4 Å². The minimum atomic E-state index is -3.71. The number of rotatable bonds is 4. The molecule has 7 heteroatoms. The van der Waals surface area contributed by atoms with Gasteiger partial charge in [-0.25, -0.2) is 13.6 Å². The van der Waals surface area contributed by atoms with Crippen LogP contribution < -0.4 is 16.2 Å². The third-order valence-electron chi connectivity index (χ3n) is 2.62. The Labute approximate surface area is 122 Å². The predicted octanol–water partition coefficient (Wildman–Crippen LogP) is 1.71. The fourth-order valence-corrected chi connectivity index (χ4v) is 2.33. The molecule has 0 spiro atoms. The minimum absolute atomic E-state index is 0.0576. The van der Waals surface area contributed by atoms with Crippen molar-refractivity contribution in [3.8, 4) is 0 Å². The van der Waals surface area contributed by atoms with Crippen LogP contribution in [0.5, 0.6) is 0 Å². The molecular weight excluding hydrogens is 294 g/mol. The Morgan fingerprint density at radius 3 is 2.25 bits per heavy atom. The van der Waals surface area contributed by atoms with E-state index in [9.17, 15) is 8.42 Å². The van der Waals surface area contributed by atoms with Gasteiger partial charge >= 0.3 is 0 Å². The van der Waals surface area contributed by atoms with Crippen LogP contribution in [0.25, 0.3) is 0 Å². The third kappa shape index (κ3) is 3.53. The van der Waals surface area contributed by atoms with E-state index in [0.717, 1.165) is 11.3 Å². The first-order valence-corrected chi connectivity index (χ1v) is 7.61. The van der Waals surface area contributed by atoms with Crippen LogP contribution >= 0.6 is 12.2 Å². The van der Waals surface area contributed by atoms with Crippen LogP contribution in [0.2, 0.25) is 0 Å². The Balaban J connectivity index is 2.24. The van der Waals surface area contributed by atoms with Gasteiger partial charge in [-0.3, -0.25) is 0 Å². The van der Waals surface area contributed by atoms with E-state index in [4.69, 9.17) is 23.1 Å². The normalized spacial score (nSPS) is 11.1. The van der Waals surface area contributed by atoms with E-state index < -0.39 is 10.0 Å². The summed E-state index contributed by atoms with van der Waals surface area (Å²) in [4.78, 5) is 0.384. The van der Waals surface area contributed by atoms with E-state index in [1.165, 1.54) is 12.1 Å². The average molecular weight is 307 g/mol. The molecule has 2 rings (SSSR count). The maximum absolute atomic E-state index is 11.3. The van der Waals surface area contributed by atoms with Gasteiger partial charge in [0.1, 0.15) is 4.99 Å². The smallest absolute Gasteiger partial charge is 0.238 e. The number of anilines is 2. The summed E-state index contributed by atoms with van der Waals surface area (Å²) >= 11 is 4.87. The fraction of sp³-hybridized carbons (Fsp3) is 0. The molecule has 5 nitrogen and oxygen atoms in total. The lowest BCUT2D eigenvalue weighted by Crippen LogP contribution is -2.12. The van der Waals surface area contributed by atoms with Gasteiger partial charge in [-0.05, 0) is 42.5 Å². The van der Waals surface area contributed by atoms with E-state index in [0.29, 0.717) is 10.7 Å². The van der Waals surface area contributed by atoms with Crippen molar-refractivity contribution >= 4 is 38.6 Å². The van der Waals surface area contributed by atoms with Gasteiger partial charge in [0.15, 0.2) is 0 Å². The van der Waals surface area contributed by atoms with Crippen LogP contribution in [0.1, 0.15) is 5.56 Å². The van der Waals surface area contributed by atoms with Gasteiger partial charge in [0, 0.05) is 16.9 Å². The molecule has 0 fully saturated rings. The van der Waals surface area contributed by atoms with Crippen molar-refractivity contribution in [1.82, 2.24) is 0 Å². The van der Waals surface area contributed by atoms with Gasteiger partial charge < -0.3 is 11.1 Å². The Hall–Kier alpha value is -1.96. The second-order valence-corrected chi connectivity index (χ2v) is 6.14. The summed E-state index contributed by atoms with van der Waals surface area (Å²) < 4.78 is 22.6. The van der Waals surface area contributed by atoms with Gasteiger partial charge in [0.2, 0.25) is 10.0 Å². The van der Waals surface area contributed by atoms with Crippen LogP contribution in [0.3, 0.4) is 0 Å². The van der Waals surface area contributed by atoms with Crippen molar-refractivity contribution in [2.24, 2.45) is 10.9 Å². The lowest BCUT2D eigenvalue weighted by molar-refractivity contribution is 0.598. The van der Waals surface area contributed by atoms with E-state index in [-0.39, 0.29) is 4.90 Å². The van der Waals surface area contributed by atoms with Gasteiger partial charge in [-0.15, -0.1) is 0 Å². The monoisotopic (exact) mass is 307 g/mol. The quantitative estimate of drug-likeness (QED) is 0.747. The molecule has 0 aromatic heterocycles. The Morgan fingerprint density at radius 2 is 1.70 bits per heavy atom. The maximum Gasteiger partial charge on any atom is 0.238 e. The zero-order chi connectivity index (χ0) is 14.8. The van der Waals surface area contributed by atoms with E-state index in [1.807, 2.05) is 0 Å². The number of hydrogen-bond acceptors (Lipinski definition) is 4. The van der Waals surface area contributed by atoms with Crippen molar-refractivity contribution < 1.29 is 8.42 Å². The number of nitrogens with two attached hydrogens (primary N) is 2. The first-order valence-electron chi connectivity index (χ1n) is 5.66. The summed E-state index contributed by atoms with van der Waals surface area (Å²) in [7, 11) is -3.71. The van der Waals surface area contributed by atoms with E-state index in [2.05, 4.69) is 5.32 Å². The SMILES string of the molecule is NC(=S)c1ccc(Nc2cccc(S(N)(=O)=O)c2)cc1. The first kappa shape index (κ1) is 14.4. The fourth-order valence-electron chi connectivity index (χ4n) is 1.64. The maximum atomic E-state index is 11.3. The highest BCUT2D eigenvalue weighted by atomic mass is 32.2. The van der Waals surface area contributed by atoms with Crippen LogP contribution in [0.15, 0.2) is 53.4 Å². The topological polar surface area (TPSA) is 98.2 Å². The van der Waals surface area contributed by atoms with Crippen molar-refractivity contribution in [1.29, 1.82) is 0 Å². The summed E-state index contributed by atoms with van der Waals surface area (Å²) in [6.07, 6.45) is 0. The highest BCUT2D eigenvalue weighted by Gasteiger charge is 2.07. The molecule has 20 heavy (non-hydrogen) atoms. The highest BCUT2D eigenvalue weighted by Crippen LogP contribution is 2.19. The number of nitrogens with one attached hydrogen (secondary N) is 1. The zero-order valence-electron chi connectivity index (χ0n) is 10.4. The molecule has 5 N–H and O–H groups in total. The van der Waals surface area contributed by atoms with Crippen LogP contribution in [0, 0.1) is 0 Å². The second-order valence-electron chi connectivity index (χ2n) is 4.14. The molecule has 0 amide bonds. The summed E-state index contributed by atoms with van der Waals surface area (Å²) in [5, 5.41) is 8.17. The molecule has 0 bridgehead atoms. The van der Waals surface area contributed by atoms with Crippen molar-refractivity contribution in [3.05, 3.63) is 54.1 Å². The van der Waals surface area contributed by atoms with Gasteiger partial charge in [-0.1, -0.05) is 18.3 Å². The molecule has 2 aromatic rings. The molecule has 0 unspecified atom stereocenters. The Morgan fingerprint density at radius 1 is 1.05 bits per heavy atom. The van der Waals surface area contributed by atoms with Crippen LogP contribution in [-0.4, -0.2) is 13.4 Å². The second kappa shape index (κ2) is 5.58. The van der Waals surface area contributed by atoms with Crippen LogP contribution in [-0.2, 0) is 10.0 Å². The highest BCUT2D eigenvalue weighted by molar-refractivity contribution is 7.89. The lowest BCUT2D eigenvalue weighted by atomic mass is 10.2. The molecule has 0 radical (unpaired) electrons. The molecule has 0 heterocycles. The molecule has 0 aliphatic carbocycles. The molecule has 0 saturated carbocycles. The van der Waals surface area contributed by atoms with Crippen molar-refractivity contribution in [2.45, 2.75) is 4.90 Å². The average Bonchev–Trinajstić information content (AvgIpc) is 2.38. The predicted molar refractivity (Wildman–Crippen MR) is 83.4 cm³/mol. The summed E-state index contributed by atoms with van der Waals surface area (Å²) in [6, 6.07) is 13.5. The number of primary sulfonamides is 1. The number of hydrogen-bond donors (Lipinski definition) is 3. The van der Waals surface area contributed by atoms with Gasteiger partial charge in [0.05, 0.1) is 4.90 Å². The Bertz CT molecular complexity index is 740. The van der Waals surface area contributed by atoms with Gasteiger partial charge in [0.25, 0.3) is 0 Å². The number of sulfonamides is 1. The summed E-state index contributed by atoms with van der Waals surface area (Å²) in [5.41, 5.74) is 7.70. The molecule has 2 aromatic carbocycles. The zero-order valence-corrected chi connectivity index (χ0v) is 12.0. The lowest BCUT2D eigenvalue weighted by Gasteiger charge is -2.08. The first-order chi connectivity index (χ1) is 9.36. The molecule has 104 valence electrons. The van der Waals surface area contributed by atoms with Crippen molar-refractivity contribution in [2.75, 3.05) is 5.32 Å². The molecule has 0 aliphatic heterocycles. The summed E-state index contributed by atoms with van der Waals surface area (Å²) in [5.74, 6) is 0. The minimum Gasteiger partial charge on any atom is -0.389 e. The number of thiocarbonyl (C=S) groups is 1. The molecule has 0 atom stereocenters. The third-order valence-corrected chi connectivity index (χ3v) is 3.77. The number of benzene rings is 2. The largest absolute Gasteiger partial charge is 0.389 e. The standard InChI is InChI=1S/C13H13N3O2S2/c14-13(19)9-4-6-10(7-5-9)16-11-2-1-3-12(8-11)20(15,17)18/h1-8,16H,(H2,14,19)(H2,15,17,18). The molecule has 0 saturated heterocycles. The molecular formula is C13H13N3O2S2. The van der Waals surface area contributed by atoms with Gasteiger partial charge in [-0.2, -0.15) is 0 Å². The van der Waals surface area contributed by atoms with E-state index >= 15 is 0 Å². The van der Waals surface area contributed by atoms with E-state index in [1.54, 1.807) is 36.4 Å². The summed E-state index contributed by atoms with van der Waals surface area (Å²) in [6.45, 7) is 0. The Kier molecular flexibility index (Phi) is 4.03. The molecule has 0 aliphatic rings.